The maximum atomic E-state index is 13.1. The van der Waals surface area contributed by atoms with Gasteiger partial charge in [0.15, 0.2) is 0 Å². The summed E-state index contributed by atoms with van der Waals surface area (Å²) in [4.78, 5) is 23.7. The van der Waals surface area contributed by atoms with Crippen molar-refractivity contribution < 1.29 is 14.3 Å². The third kappa shape index (κ3) is 4.70. The summed E-state index contributed by atoms with van der Waals surface area (Å²) >= 11 is 0. The number of benzene rings is 2. The molecule has 178 valence electrons. The number of rotatable bonds is 10. The average molecular weight is 461 g/mol. The summed E-state index contributed by atoms with van der Waals surface area (Å²) in [6.45, 7) is 7.88. The Bertz CT molecular complexity index is 1290. The van der Waals surface area contributed by atoms with Gasteiger partial charge >= 0.3 is 0 Å². The minimum Gasteiger partial charge on any atom is -0.497 e. The molecule has 4 aromatic rings. The zero-order valence-electron chi connectivity index (χ0n) is 20.3. The summed E-state index contributed by atoms with van der Waals surface area (Å²) < 4.78 is 11.0. The Labute approximate surface area is 200 Å². The lowest BCUT2D eigenvalue weighted by atomic mass is 10.0. The second kappa shape index (κ2) is 10.6. The third-order valence-corrected chi connectivity index (χ3v) is 6.22. The van der Waals surface area contributed by atoms with E-state index >= 15 is 0 Å². The first kappa shape index (κ1) is 23.6. The molecule has 2 N–H and O–H groups in total. The van der Waals surface area contributed by atoms with Gasteiger partial charge in [0.25, 0.3) is 5.91 Å². The largest absolute Gasteiger partial charge is 0.497 e. The van der Waals surface area contributed by atoms with Crippen molar-refractivity contribution in [2.45, 2.75) is 20.3 Å². The summed E-state index contributed by atoms with van der Waals surface area (Å²) in [5, 5.41) is 5.04. The van der Waals surface area contributed by atoms with Crippen LogP contribution in [0, 0.1) is 0 Å². The normalized spacial score (nSPS) is 11.3. The lowest BCUT2D eigenvalue weighted by Gasteiger charge is -2.17. The summed E-state index contributed by atoms with van der Waals surface area (Å²) in [5.41, 5.74) is 3.69. The van der Waals surface area contributed by atoms with Crippen LogP contribution in [-0.4, -0.2) is 61.2 Å². The van der Waals surface area contributed by atoms with E-state index in [1.54, 1.807) is 14.2 Å². The number of methoxy groups -OCH3 is 2. The zero-order chi connectivity index (χ0) is 24.1. The van der Waals surface area contributed by atoms with Crippen LogP contribution in [0.4, 0.5) is 0 Å². The van der Waals surface area contributed by atoms with Crippen LogP contribution >= 0.6 is 0 Å². The van der Waals surface area contributed by atoms with Crippen molar-refractivity contribution >= 4 is 27.7 Å². The smallest absolute Gasteiger partial charge is 0.269 e. The number of ether oxygens (including phenoxy) is 2. The van der Waals surface area contributed by atoms with Gasteiger partial charge in [-0.3, -0.25) is 4.79 Å². The highest BCUT2D eigenvalue weighted by atomic mass is 16.5. The van der Waals surface area contributed by atoms with Crippen LogP contribution < -0.4 is 14.8 Å². The molecule has 0 fully saturated rings. The Morgan fingerprint density at radius 2 is 1.82 bits per heavy atom. The maximum absolute atomic E-state index is 13.1. The summed E-state index contributed by atoms with van der Waals surface area (Å²) in [6.07, 6.45) is 0.891. The Hall–Kier alpha value is -3.58. The molecule has 0 saturated heterocycles. The molecule has 4 rings (SSSR count). The highest BCUT2D eigenvalue weighted by molar-refractivity contribution is 6.13. The number of fused-ring (bicyclic) bond motifs is 3. The number of hydrogen-bond acceptors (Lipinski definition) is 5. The number of aromatic amines is 1. The van der Waals surface area contributed by atoms with Crippen LogP contribution in [0.3, 0.4) is 0 Å². The van der Waals surface area contributed by atoms with Gasteiger partial charge in [0.2, 0.25) is 0 Å². The van der Waals surface area contributed by atoms with E-state index in [-0.39, 0.29) is 5.91 Å². The van der Waals surface area contributed by atoms with Gasteiger partial charge in [-0.05, 0) is 50.3 Å². The third-order valence-electron chi connectivity index (χ3n) is 6.22. The lowest BCUT2D eigenvalue weighted by molar-refractivity contribution is 0.0947. The molecule has 0 unspecified atom stereocenters. The van der Waals surface area contributed by atoms with Gasteiger partial charge in [0.1, 0.15) is 17.2 Å². The van der Waals surface area contributed by atoms with Gasteiger partial charge in [-0.1, -0.05) is 32.0 Å². The molecule has 2 aromatic heterocycles. The van der Waals surface area contributed by atoms with Crippen molar-refractivity contribution in [2.75, 3.05) is 40.4 Å². The van der Waals surface area contributed by atoms with Crippen molar-refractivity contribution in [2.24, 2.45) is 0 Å². The lowest BCUT2D eigenvalue weighted by Crippen LogP contribution is -2.30. The first-order valence-electron chi connectivity index (χ1n) is 11.7. The van der Waals surface area contributed by atoms with Gasteiger partial charge in [-0.2, -0.15) is 0 Å². The van der Waals surface area contributed by atoms with Crippen LogP contribution in [-0.2, 0) is 0 Å². The predicted molar refractivity (Wildman–Crippen MR) is 137 cm³/mol. The molecule has 0 radical (unpaired) electrons. The number of nitrogens with one attached hydrogen (secondary N) is 2. The number of H-pyrrole nitrogens is 1. The molecule has 34 heavy (non-hydrogen) atoms. The van der Waals surface area contributed by atoms with E-state index < -0.39 is 0 Å². The predicted octanol–water partition coefficient (Wildman–Crippen LogP) is 4.86. The van der Waals surface area contributed by atoms with Crippen molar-refractivity contribution in [3.8, 4) is 22.8 Å². The van der Waals surface area contributed by atoms with E-state index in [1.807, 2.05) is 42.5 Å². The molecule has 0 aliphatic rings. The van der Waals surface area contributed by atoms with E-state index in [1.165, 1.54) is 0 Å². The number of hydrogen-bond donors (Lipinski definition) is 2. The summed E-state index contributed by atoms with van der Waals surface area (Å²) in [6, 6.07) is 15.5. The average Bonchev–Trinajstić information content (AvgIpc) is 3.26. The maximum Gasteiger partial charge on any atom is 0.269 e. The molecule has 7 heteroatoms. The molecular formula is C27H32N4O3. The Morgan fingerprint density at radius 1 is 1.03 bits per heavy atom. The molecule has 2 heterocycles. The number of nitrogens with zero attached hydrogens (tertiary/aromatic N) is 2. The van der Waals surface area contributed by atoms with Gasteiger partial charge in [0, 0.05) is 34.5 Å². The topological polar surface area (TPSA) is 79.5 Å². The molecule has 0 spiro atoms. The molecule has 0 saturated carbocycles. The molecule has 7 nitrogen and oxygen atoms in total. The first-order chi connectivity index (χ1) is 16.6. The van der Waals surface area contributed by atoms with E-state index in [9.17, 15) is 4.79 Å². The highest BCUT2D eigenvalue weighted by Crippen LogP contribution is 2.38. The van der Waals surface area contributed by atoms with Crippen LogP contribution in [0.1, 0.15) is 30.8 Å². The first-order valence-corrected chi connectivity index (χ1v) is 11.7. The van der Waals surface area contributed by atoms with Crippen LogP contribution in [0.15, 0.2) is 48.5 Å². The van der Waals surface area contributed by atoms with Gasteiger partial charge in [-0.25, -0.2) is 4.98 Å². The van der Waals surface area contributed by atoms with E-state index in [2.05, 4.69) is 35.1 Å². The van der Waals surface area contributed by atoms with E-state index in [0.717, 1.165) is 53.4 Å². The van der Waals surface area contributed by atoms with Crippen LogP contribution in [0.2, 0.25) is 0 Å². The number of pyridine rings is 1. The van der Waals surface area contributed by atoms with Gasteiger partial charge < -0.3 is 24.7 Å². The quantitative estimate of drug-likeness (QED) is 0.330. The standard InChI is InChI=1S/C27H32N4O3/c1-5-31(6-2)15-9-14-28-27(32)23-17-21-19-10-7-8-11-22(19)29-26(21)25(30-23)20-13-12-18(33-3)16-24(20)34-4/h7-8,10-13,16-17,29H,5-6,9,14-15H2,1-4H3,(H,28,32). The van der Waals surface area contributed by atoms with Gasteiger partial charge in [-0.15, -0.1) is 0 Å². The van der Waals surface area contributed by atoms with Crippen molar-refractivity contribution in [3.63, 3.8) is 0 Å². The van der Waals surface area contributed by atoms with Crippen molar-refractivity contribution in [3.05, 3.63) is 54.2 Å². The molecule has 0 aliphatic carbocycles. The SMILES string of the molecule is CCN(CC)CCCNC(=O)c1cc2c([nH]c3ccccc32)c(-c2ccc(OC)cc2OC)n1. The number of amides is 1. The minimum atomic E-state index is -0.180. The molecule has 1 amide bonds. The van der Waals surface area contributed by atoms with E-state index in [4.69, 9.17) is 14.5 Å². The summed E-state index contributed by atoms with van der Waals surface area (Å²) in [5.74, 6) is 1.14. The zero-order valence-corrected chi connectivity index (χ0v) is 20.3. The second-order valence-electron chi connectivity index (χ2n) is 8.15. The molecule has 0 bridgehead atoms. The molecule has 2 aromatic carbocycles. The molecule has 0 aliphatic heterocycles. The Balaban J connectivity index is 1.74. The fraction of sp³-hybridized carbons (Fsp3) is 0.333. The molecular weight excluding hydrogens is 428 g/mol. The Kier molecular flexibility index (Phi) is 7.33. The number of aromatic nitrogens is 2. The fourth-order valence-electron chi connectivity index (χ4n) is 4.29. The summed E-state index contributed by atoms with van der Waals surface area (Å²) in [7, 11) is 3.24. The monoisotopic (exact) mass is 460 g/mol. The van der Waals surface area contributed by atoms with Gasteiger partial charge in [0.05, 0.1) is 25.4 Å². The van der Waals surface area contributed by atoms with E-state index in [0.29, 0.717) is 29.4 Å². The number of carbonyl (C=O) groups excluding carboxylic acids is 1. The number of carbonyl (C=O) groups is 1. The fourth-order valence-corrected chi connectivity index (χ4v) is 4.29. The Morgan fingerprint density at radius 3 is 2.56 bits per heavy atom. The van der Waals surface area contributed by atoms with Crippen molar-refractivity contribution in [1.82, 2.24) is 20.2 Å². The minimum absolute atomic E-state index is 0.180. The second-order valence-corrected chi connectivity index (χ2v) is 8.15. The number of para-hydroxylation sites is 1. The van der Waals surface area contributed by atoms with Crippen LogP contribution in [0.25, 0.3) is 33.1 Å². The highest BCUT2D eigenvalue weighted by Gasteiger charge is 2.19. The van der Waals surface area contributed by atoms with Crippen LogP contribution in [0.5, 0.6) is 11.5 Å². The van der Waals surface area contributed by atoms with Crippen molar-refractivity contribution in [1.29, 1.82) is 0 Å². The molecule has 0 atom stereocenters.